The Bertz CT molecular complexity index is 502. The van der Waals surface area contributed by atoms with E-state index in [1.807, 2.05) is 31.2 Å². The maximum atomic E-state index is 5.83. The molecule has 16 heavy (non-hydrogen) atoms. The van der Waals surface area contributed by atoms with Gasteiger partial charge in [-0.05, 0) is 35.0 Å². The van der Waals surface area contributed by atoms with Gasteiger partial charge in [0.25, 0.3) is 0 Å². The van der Waals surface area contributed by atoms with E-state index in [4.69, 9.17) is 16.3 Å². The van der Waals surface area contributed by atoms with Crippen LogP contribution in [0.3, 0.4) is 0 Å². The highest BCUT2D eigenvalue weighted by Gasteiger charge is 2.08. The van der Waals surface area contributed by atoms with Gasteiger partial charge in [-0.3, -0.25) is 0 Å². The molecule has 0 aliphatic carbocycles. The van der Waals surface area contributed by atoms with Crippen LogP contribution in [0.1, 0.15) is 5.56 Å². The highest BCUT2D eigenvalue weighted by molar-refractivity contribution is 9.10. The van der Waals surface area contributed by atoms with Crippen LogP contribution < -0.4 is 4.74 Å². The molecule has 1 aromatic heterocycles. The summed E-state index contributed by atoms with van der Waals surface area (Å²) in [6.45, 7) is 2.02. The summed E-state index contributed by atoms with van der Waals surface area (Å²) in [4.78, 5) is 7.81. The van der Waals surface area contributed by atoms with Gasteiger partial charge in [0.2, 0.25) is 5.88 Å². The normalized spacial score (nSPS) is 10.2. The van der Waals surface area contributed by atoms with Gasteiger partial charge in [0.1, 0.15) is 16.5 Å². The molecule has 1 heterocycles. The SMILES string of the molecule is Cc1ccc(Oc2ncnc(Cl)c2Br)cc1. The number of aryl methyl sites for hydroxylation is 1. The molecular weight excluding hydrogens is 291 g/mol. The van der Waals surface area contributed by atoms with Crippen molar-refractivity contribution in [2.24, 2.45) is 0 Å². The largest absolute Gasteiger partial charge is 0.438 e. The number of halogens is 2. The zero-order chi connectivity index (χ0) is 11.5. The molecule has 0 saturated carbocycles. The Morgan fingerprint density at radius 1 is 1.19 bits per heavy atom. The summed E-state index contributed by atoms with van der Waals surface area (Å²) in [7, 11) is 0. The van der Waals surface area contributed by atoms with E-state index >= 15 is 0 Å². The Morgan fingerprint density at radius 2 is 1.88 bits per heavy atom. The molecule has 82 valence electrons. The zero-order valence-electron chi connectivity index (χ0n) is 8.45. The monoisotopic (exact) mass is 298 g/mol. The van der Waals surface area contributed by atoms with Crippen LogP contribution in [-0.2, 0) is 0 Å². The molecule has 0 radical (unpaired) electrons. The molecule has 0 aliphatic heterocycles. The molecule has 0 saturated heterocycles. The highest BCUT2D eigenvalue weighted by atomic mass is 79.9. The summed E-state index contributed by atoms with van der Waals surface area (Å²) in [5.74, 6) is 1.12. The summed E-state index contributed by atoms with van der Waals surface area (Å²) in [6, 6.07) is 7.67. The van der Waals surface area contributed by atoms with Crippen LogP contribution in [0.5, 0.6) is 11.6 Å². The third-order valence-electron chi connectivity index (χ3n) is 1.95. The quantitative estimate of drug-likeness (QED) is 0.786. The first-order chi connectivity index (χ1) is 7.66. The first-order valence-corrected chi connectivity index (χ1v) is 5.74. The summed E-state index contributed by atoms with van der Waals surface area (Å²) in [5, 5.41) is 0.331. The van der Waals surface area contributed by atoms with Crippen molar-refractivity contribution in [3.05, 3.63) is 45.8 Å². The third kappa shape index (κ3) is 2.51. The lowest BCUT2D eigenvalue weighted by Gasteiger charge is -2.06. The predicted octanol–water partition coefficient (Wildman–Crippen LogP) is 3.99. The highest BCUT2D eigenvalue weighted by Crippen LogP contribution is 2.31. The van der Waals surface area contributed by atoms with Gasteiger partial charge in [-0.25, -0.2) is 9.97 Å². The first kappa shape index (κ1) is 11.4. The molecule has 1 aromatic carbocycles. The molecule has 0 N–H and O–H groups in total. The van der Waals surface area contributed by atoms with Crippen molar-refractivity contribution in [2.45, 2.75) is 6.92 Å². The Balaban J connectivity index is 2.27. The van der Waals surface area contributed by atoms with E-state index in [2.05, 4.69) is 25.9 Å². The summed E-state index contributed by atoms with van der Waals surface area (Å²) in [5.41, 5.74) is 1.17. The lowest BCUT2D eigenvalue weighted by Crippen LogP contribution is -1.91. The maximum Gasteiger partial charge on any atom is 0.238 e. The summed E-state index contributed by atoms with van der Waals surface area (Å²) in [6.07, 6.45) is 1.36. The van der Waals surface area contributed by atoms with E-state index in [0.29, 0.717) is 21.3 Å². The maximum absolute atomic E-state index is 5.83. The fraction of sp³-hybridized carbons (Fsp3) is 0.0909. The fourth-order valence-electron chi connectivity index (χ4n) is 1.12. The zero-order valence-corrected chi connectivity index (χ0v) is 10.8. The standard InChI is InChI=1S/C11H8BrClN2O/c1-7-2-4-8(5-3-7)16-11-9(12)10(13)14-6-15-11/h2-6H,1H3. The minimum Gasteiger partial charge on any atom is -0.438 e. The second-order valence-electron chi connectivity index (χ2n) is 3.20. The van der Waals surface area contributed by atoms with Crippen LogP contribution in [0, 0.1) is 6.92 Å². The van der Waals surface area contributed by atoms with Crippen molar-refractivity contribution in [1.29, 1.82) is 0 Å². The molecule has 0 amide bonds. The van der Waals surface area contributed by atoms with Crippen LogP contribution in [0.15, 0.2) is 35.1 Å². The van der Waals surface area contributed by atoms with E-state index in [1.54, 1.807) is 0 Å². The van der Waals surface area contributed by atoms with E-state index in [0.717, 1.165) is 0 Å². The fourth-order valence-corrected chi connectivity index (χ4v) is 1.53. The summed E-state index contributed by atoms with van der Waals surface area (Å²) < 4.78 is 6.12. The van der Waals surface area contributed by atoms with Crippen LogP contribution in [-0.4, -0.2) is 9.97 Å². The Labute approximate surface area is 107 Å². The van der Waals surface area contributed by atoms with Gasteiger partial charge in [0.05, 0.1) is 0 Å². The number of aromatic nitrogens is 2. The molecule has 2 aromatic rings. The molecule has 0 fully saturated rings. The Kier molecular flexibility index (Phi) is 3.41. The van der Waals surface area contributed by atoms with Crippen molar-refractivity contribution in [1.82, 2.24) is 9.97 Å². The number of hydrogen-bond donors (Lipinski definition) is 0. The Morgan fingerprint density at radius 3 is 2.56 bits per heavy atom. The van der Waals surface area contributed by atoms with E-state index in [-0.39, 0.29) is 0 Å². The molecule has 0 bridgehead atoms. The lowest BCUT2D eigenvalue weighted by molar-refractivity contribution is 0.458. The second kappa shape index (κ2) is 4.80. The third-order valence-corrected chi connectivity index (χ3v) is 3.18. The number of benzene rings is 1. The van der Waals surface area contributed by atoms with Gasteiger partial charge in [-0.1, -0.05) is 29.3 Å². The van der Waals surface area contributed by atoms with Gasteiger partial charge in [-0.15, -0.1) is 0 Å². The van der Waals surface area contributed by atoms with Crippen molar-refractivity contribution < 1.29 is 4.74 Å². The number of nitrogens with zero attached hydrogens (tertiary/aromatic N) is 2. The van der Waals surface area contributed by atoms with Crippen LogP contribution in [0.4, 0.5) is 0 Å². The second-order valence-corrected chi connectivity index (χ2v) is 4.35. The van der Waals surface area contributed by atoms with Gasteiger partial charge in [-0.2, -0.15) is 0 Å². The van der Waals surface area contributed by atoms with Gasteiger partial charge in [0, 0.05) is 0 Å². The smallest absolute Gasteiger partial charge is 0.238 e. The van der Waals surface area contributed by atoms with E-state index in [9.17, 15) is 0 Å². The molecule has 0 aliphatic rings. The molecule has 3 nitrogen and oxygen atoms in total. The minimum atomic E-state index is 0.331. The number of rotatable bonds is 2. The topological polar surface area (TPSA) is 35.0 Å². The average molecular weight is 300 g/mol. The average Bonchev–Trinajstić information content (AvgIpc) is 2.28. The van der Waals surface area contributed by atoms with Gasteiger partial charge < -0.3 is 4.74 Å². The van der Waals surface area contributed by atoms with Crippen LogP contribution >= 0.6 is 27.5 Å². The predicted molar refractivity (Wildman–Crippen MR) is 66.0 cm³/mol. The molecule has 5 heteroatoms. The van der Waals surface area contributed by atoms with Gasteiger partial charge in [0.15, 0.2) is 5.15 Å². The van der Waals surface area contributed by atoms with Gasteiger partial charge >= 0.3 is 0 Å². The molecule has 2 rings (SSSR count). The Hall–Kier alpha value is -1.13. The van der Waals surface area contributed by atoms with Crippen molar-refractivity contribution in [3.8, 4) is 11.6 Å². The van der Waals surface area contributed by atoms with Crippen molar-refractivity contribution in [3.63, 3.8) is 0 Å². The molecule has 0 spiro atoms. The lowest BCUT2D eigenvalue weighted by atomic mass is 10.2. The van der Waals surface area contributed by atoms with Crippen molar-refractivity contribution >= 4 is 27.5 Å². The minimum absolute atomic E-state index is 0.331. The number of ether oxygens (including phenoxy) is 1. The number of hydrogen-bond acceptors (Lipinski definition) is 3. The van der Waals surface area contributed by atoms with Crippen molar-refractivity contribution in [2.75, 3.05) is 0 Å². The molecular formula is C11H8BrClN2O. The summed E-state index contributed by atoms with van der Waals surface area (Å²) >= 11 is 9.10. The van der Waals surface area contributed by atoms with Crippen LogP contribution in [0.2, 0.25) is 5.15 Å². The molecule has 0 unspecified atom stereocenters. The first-order valence-electron chi connectivity index (χ1n) is 4.57. The van der Waals surface area contributed by atoms with Crippen LogP contribution in [0.25, 0.3) is 0 Å². The van der Waals surface area contributed by atoms with E-state index in [1.165, 1.54) is 11.9 Å². The molecule has 0 atom stereocenters. The van der Waals surface area contributed by atoms with E-state index < -0.39 is 0 Å².